The number of hydrogen-bond donors (Lipinski definition) is 2. The predicted octanol–water partition coefficient (Wildman–Crippen LogP) is 2.77. The molecule has 3 rings (SSSR count). The monoisotopic (exact) mass is 329 g/mol. The Bertz CT molecular complexity index is 725. The summed E-state index contributed by atoms with van der Waals surface area (Å²) in [4.78, 5) is 12.2. The second-order valence-electron chi connectivity index (χ2n) is 5.04. The van der Waals surface area contributed by atoms with Gasteiger partial charge in [0.1, 0.15) is 11.6 Å². The van der Waals surface area contributed by atoms with Crippen molar-refractivity contribution in [2.75, 3.05) is 25.6 Å². The number of aromatic amines is 1. The fourth-order valence-electron chi connectivity index (χ4n) is 2.16. The van der Waals surface area contributed by atoms with Crippen molar-refractivity contribution in [1.82, 2.24) is 19.3 Å². The zero-order valence-corrected chi connectivity index (χ0v) is 13.8. The summed E-state index contributed by atoms with van der Waals surface area (Å²) in [5, 5.41) is 4.12. The van der Waals surface area contributed by atoms with Crippen LogP contribution < -0.4 is 5.32 Å². The van der Waals surface area contributed by atoms with Crippen molar-refractivity contribution >= 4 is 16.7 Å². The SMILES string of the molecule is COCCc1nsc(NCCc2ncc(-c3ccccc3)[nH]2)n1. The maximum Gasteiger partial charge on any atom is 0.202 e. The zero-order valence-electron chi connectivity index (χ0n) is 13.0. The van der Waals surface area contributed by atoms with Gasteiger partial charge in [-0.25, -0.2) is 9.97 Å². The van der Waals surface area contributed by atoms with Crippen LogP contribution in [0.1, 0.15) is 11.6 Å². The van der Waals surface area contributed by atoms with Gasteiger partial charge in [-0.1, -0.05) is 30.3 Å². The maximum absolute atomic E-state index is 5.02. The molecular formula is C16H19N5OS. The number of ether oxygens (including phenoxy) is 1. The largest absolute Gasteiger partial charge is 0.384 e. The van der Waals surface area contributed by atoms with Crippen molar-refractivity contribution in [3.8, 4) is 11.3 Å². The van der Waals surface area contributed by atoms with Crippen molar-refractivity contribution in [3.05, 3.63) is 48.2 Å². The van der Waals surface area contributed by atoms with E-state index in [9.17, 15) is 0 Å². The lowest BCUT2D eigenvalue weighted by Crippen LogP contribution is -2.06. The highest BCUT2D eigenvalue weighted by molar-refractivity contribution is 7.09. The molecule has 0 saturated heterocycles. The van der Waals surface area contributed by atoms with Gasteiger partial charge >= 0.3 is 0 Å². The second kappa shape index (κ2) is 7.85. The molecule has 2 aromatic heterocycles. The van der Waals surface area contributed by atoms with Crippen molar-refractivity contribution < 1.29 is 4.74 Å². The van der Waals surface area contributed by atoms with Gasteiger partial charge in [0, 0.05) is 38.0 Å². The highest BCUT2D eigenvalue weighted by atomic mass is 32.1. The average molecular weight is 329 g/mol. The van der Waals surface area contributed by atoms with Crippen LogP contribution in [0.5, 0.6) is 0 Å². The second-order valence-corrected chi connectivity index (χ2v) is 5.80. The van der Waals surface area contributed by atoms with E-state index in [1.165, 1.54) is 11.5 Å². The smallest absolute Gasteiger partial charge is 0.202 e. The number of anilines is 1. The Labute approximate surface area is 139 Å². The van der Waals surface area contributed by atoms with Crippen LogP contribution >= 0.6 is 11.5 Å². The van der Waals surface area contributed by atoms with Crippen LogP contribution in [0, 0.1) is 0 Å². The summed E-state index contributed by atoms with van der Waals surface area (Å²) < 4.78 is 9.31. The van der Waals surface area contributed by atoms with Gasteiger partial charge in [0.25, 0.3) is 0 Å². The molecule has 0 amide bonds. The zero-order chi connectivity index (χ0) is 15.9. The quantitative estimate of drug-likeness (QED) is 0.664. The minimum Gasteiger partial charge on any atom is -0.384 e. The Morgan fingerprint density at radius 1 is 1.22 bits per heavy atom. The lowest BCUT2D eigenvalue weighted by Gasteiger charge is -2.00. The molecule has 0 radical (unpaired) electrons. The molecule has 6 nitrogen and oxygen atoms in total. The fraction of sp³-hybridized carbons (Fsp3) is 0.312. The molecule has 0 aliphatic heterocycles. The van der Waals surface area contributed by atoms with Crippen molar-refractivity contribution in [3.63, 3.8) is 0 Å². The molecule has 0 spiro atoms. The summed E-state index contributed by atoms with van der Waals surface area (Å²) in [5.74, 6) is 1.78. The Hall–Kier alpha value is -2.25. The minimum absolute atomic E-state index is 0.644. The molecule has 0 atom stereocenters. The van der Waals surface area contributed by atoms with Crippen LogP contribution in [0.25, 0.3) is 11.3 Å². The van der Waals surface area contributed by atoms with Crippen molar-refractivity contribution in [2.24, 2.45) is 0 Å². The number of aromatic nitrogens is 4. The highest BCUT2D eigenvalue weighted by Crippen LogP contribution is 2.16. The first kappa shape index (κ1) is 15.6. The van der Waals surface area contributed by atoms with E-state index in [0.29, 0.717) is 6.61 Å². The molecule has 3 aromatic rings. The third kappa shape index (κ3) is 4.37. The van der Waals surface area contributed by atoms with E-state index in [1.54, 1.807) is 7.11 Å². The lowest BCUT2D eigenvalue weighted by molar-refractivity contribution is 0.201. The molecule has 0 fully saturated rings. The van der Waals surface area contributed by atoms with Crippen molar-refractivity contribution in [2.45, 2.75) is 12.8 Å². The van der Waals surface area contributed by atoms with E-state index in [4.69, 9.17) is 4.74 Å². The molecule has 7 heteroatoms. The molecule has 23 heavy (non-hydrogen) atoms. The van der Waals surface area contributed by atoms with Gasteiger partial charge in [-0.15, -0.1) is 0 Å². The third-order valence-electron chi connectivity index (χ3n) is 3.35. The third-order valence-corrected chi connectivity index (χ3v) is 4.06. The van der Waals surface area contributed by atoms with Crippen molar-refractivity contribution in [1.29, 1.82) is 0 Å². The predicted molar refractivity (Wildman–Crippen MR) is 91.7 cm³/mol. The van der Waals surface area contributed by atoms with Gasteiger partial charge in [0.2, 0.25) is 5.13 Å². The normalized spacial score (nSPS) is 10.8. The molecule has 0 bridgehead atoms. The Balaban J connectivity index is 1.49. The topological polar surface area (TPSA) is 75.7 Å². The molecule has 0 saturated carbocycles. The number of rotatable bonds is 8. The summed E-state index contributed by atoms with van der Waals surface area (Å²) in [6.07, 6.45) is 3.42. The van der Waals surface area contributed by atoms with Gasteiger partial charge < -0.3 is 15.0 Å². The average Bonchev–Trinajstić information content (AvgIpc) is 3.23. The first-order valence-electron chi connectivity index (χ1n) is 7.50. The molecule has 2 N–H and O–H groups in total. The van der Waals surface area contributed by atoms with E-state index in [0.717, 1.165) is 47.4 Å². The fourth-order valence-corrected chi connectivity index (χ4v) is 2.80. The summed E-state index contributed by atoms with van der Waals surface area (Å²) in [7, 11) is 1.68. The van der Waals surface area contributed by atoms with E-state index in [2.05, 4.69) is 36.8 Å². The van der Waals surface area contributed by atoms with E-state index in [1.807, 2.05) is 24.4 Å². The van der Waals surface area contributed by atoms with Gasteiger partial charge in [0.15, 0.2) is 0 Å². The summed E-state index contributed by atoms with van der Waals surface area (Å²) in [5.41, 5.74) is 2.18. The Kier molecular flexibility index (Phi) is 5.33. The standard InChI is InChI=1S/C16H19N5OS/c1-22-10-8-15-20-16(23-21-15)17-9-7-14-18-11-13(19-14)12-5-3-2-4-6-12/h2-6,11H,7-10H2,1H3,(H,18,19)(H,17,20,21). The maximum atomic E-state index is 5.02. The van der Waals surface area contributed by atoms with Crippen LogP contribution in [0.15, 0.2) is 36.5 Å². The number of H-pyrrole nitrogens is 1. The van der Waals surface area contributed by atoms with Crippen LogP contribution in [-0.4, -0.2) is 39.6 Å². The molecular weight excluding hydrogens is 310 g/mol. The van der Waals surface area contributed by atoms with Gasteiger partial charge in [-0.2, -0.15) is 4.37 Å². The van der Waals surface area contributed by atoms with E-state index < -0.39 is 0 Å². The highest BCUT2D eigenvalue weighted by Gasteiger charge is 2.05. The number of hydrogen-bond acceptors (Lipinski definition) is 6. The number of nitrogens with zero attached hydrogens (tertiary/aromatic N) is 3. The van der Waals surface area contributed by atoms with Gasteiger partial charge in [-0.3, -0.25) is 0 Å². The molecule has 2 heterocycles. The minimum atomic E-state index is 0.644. The van der Waals surface area contributed by atoms with Crippen LogP contribution in [0.4, 0.5) is 5.13 Å². The molecule has 0 aliphatic rings. The number of methoxy groups -OCH3 is 1. The number of benzene rings is 1. The summed E-state index contributed by atoms with van der Waals surface area (Å²) in [6, 6.07) is 10.2. The molecule has 120 valence electrons. The van der Waals surface area contributed by atoms with Crippen LogP contribution in [0.2, 0.25) is 0 Å². The van der Waals surface area contributed by atoms with Crippen LogP contribution in [-0.2, 0) is 17.6 Å². The number of nitrogens with one attached hydrogen (secondary N) is 2. The Morgan fingerprint density at radius 2 is 2.09 bits per heavy atom. The number of imidazole rings is 1. The van der Waals surface area contributed by atoms with E-state index in [-0.39, 0.29) is 0 Å². The summed E-state index contributed by atoms with van der Waals surface area (Å²) in [6.45, 7) is 1.41. The molecule has 1 aromatic carbocycles. The first-order chi connectivity index (χ1) is 11.3. The lowest BCUT2D eigenvalue weighted by atomic mass is 10.2. The van der Waals surface area contributed by atoms with E-state index >= 15 is 0 Å². The van der Waals surface area contributed by atoms with Gasteiger partial charge in [0.05, 0.1) is 18.5 Å². The van der Waals surface area contributed by atoms with Crippen LogP contribution in [0.3, 0.4) is 0 Å². The van der Waals surface area contributed by atoms with Gasteiger partial charge in [-0.05, 0) is 5.56 Å². The first-order valence-corrected chi connectivity index (χ1v) is 8.27. The Morgan fingerprint density at radius 3 is 2.91 bits per heavy atom. The molecule has 0 unspecified atom stereocenters. The molecule has 0 aliphatic carbocycles. The summed E-state index contributed by atoms with van der Waals surface area (Å²) >= 11 is 1.38.